The number of aliphatic carboxylic acids is 2. The van der Waals surface area contributed by atoms with Crippen molar-refractivity contribution in [2.75, 3.05) is 5.73 Å². The molecule has 1 aliphatic rings. The molecule has 0 unspecified atom stereocenters. The minimum absolute atomic E-state index is 0.0340. The molecule has 3 heterocycles. The molecule has 166 valence electrons. The van der Waals surface area contributed by atoms with E-state index in [-0.39, 0.29) is 30.9 Å². The average Bonchev–Trinajstić information content (AvgIpc) is 3.27. The minimum atomic E-state index is -1.23. The number of nitrogens with one attached hydrogen (secondary N) is 2. The molecule has 0 aliphatic carbocycles. The second-order valence-corrected chi connectivity index (χ2v) is 7.70. The van der Waals surface area contributed by atoms with Gasteiger partial charge in [0.05, 0.1) is 5.39 Å². The Morgan fingerprint density at radius 1 is 1.22 bits per heavy atom. The Balaban J connectivity index is 1.51. The van der Waals surface area contributed by atoms with E-state index in [9.17, 15) is 24.3 Å². The summed E-state index contributed by atoms with van der Waals surface area (Å²) in [6, 6.07) is 4.10. The van der Waals surface area contributed by atoms with Gasteiger partial charge in [0.1, 0.15) is 11.7 Å². The van der Waals surface area contributed by atoms with Crippen molar-refractivity contribution in [1.29, 1.82) is 0 Å². The Bertz CT molecular complexity index is 1290. The molecule has 0 saturated heterocycles. The highest BCUT2D eigenvalue weighted by Gasteiger charge is 2.36. The van der Waals surface area contributed by atoms with Crippen molar-refractivity contribution in [3.05, 3.63) is 57.0 Å². The Morgan fingerprint density at radius 3 is 2.72 bits per heavy atom. The smallest absolute Gasteiger partial charge is 0.326 e. The lowest BCUT2D eigenvalue weighted by Crippen LogP contribution is -2.41. The van der Waals surface area contributed by atoms with Gasteiger partial charge in [0.15, 0.2) is 0 Å². The van der Waals surface area contributed by atoms with Gasteiger partial charge in [-0.1, -0.05) is 12.1 Å². The molecule has 1 amide bonds. The molecule has 6 N–H and O–H groups in total. The first-order chi connectivity index (χ1) is 15.2. The van der Waals surface area contributed by atoms with Crippen LogP contribution in [-0.2, 0) is 29.0 Å². The normalized spacial score (nSPS) is 14.0. The second kappa shape index (κ2) is 8.17. The lowest BCUT2D eigenvalue weighted by Gasteiger charge is -2.23. The van der Waals surface area contributed by atoms with E-state index >= 15 is 0 Å². The van der Waals surface area contributed by atoms with Gasteiger partial charge in [-0.15, -0.1) is 0 Å². The molecule has 11 heteroatoms. The van der Waals surface area contributed by atoms with Crippen LogP contribution >= 0.6 is 0 Å². The zero-order valence-electron chi connectivity index (χ0n) is 16.9. The van der Waals surface area contributed by atoms with Crippen molar-refractivity contribution in [3.63, 3.8) is 0 Å². The molecule has 2 aromatic heterocycles. The van der Waals surface area contributed by atoms with Gasteiger partial charge in [0.2, 0.25) is 5.95 Å². The molecule has 3 aromatic rings. The molecule has 1 aromatic carbocycles. The second-order valence-electron chi connectivity index (χ2n) is 7.70. The highest BCUT2D eigenvalue weighted by molar-refractivity contribution is 6.00. The molecule has 4 rings (SSSR count). The molecule has 0 fully saturated rings. The summed E-state index contributed by atoms with van der Waals surface area (Å²) in [6.07, 6.45) is 2.34. The predicted octanol–water partition coefficient (Wildman–Crippen LogP) is 0.892. The Kier molecular flexibility index (Phi) is 5.39. The number of amides is 1. The van der Waals surface area contributed by atoms with Crippen LogP contribution in [0.25, 0.3) is 11.0 Å². The fourth-order valence-corrected chi connectivity index (χ4v) is 4.07. The number of carbonyl (C=O) groups excluding carboxylic acids is 1. The summed E-state index contributed by atoms with van der Waals surface area (Å²) < 4.78 is 0. The zero-order chi connectivity index (χ0) is 23.0. The summed E-state index contributed by atoms with van der Waals surface area (Å²) in [6.45, 7) is 0.106. The van der Waals surface area contributed by atoms with Crippen molar-refractivity contribution in [2.45, 2.75) is 38.3 Å². The van der Waals surface area contributed by atoms with Crippen molar-refractivity contribution in [2.24, 2.45) is 0 Å². The van der Waals surface area contributed by atoms with E-state index in [1.165, 1.54) is 4.90 Å². The first kappa shape index (κ1) is 21.1. The van der Waals surface area contributed by atoms with E-state index in [1.54, 1.807) is 18.3 Å². The standard InChI is InChI=1S/C21H21N5O6/c22-21-24-17-16(18(29)25-21)11(8-23-17)3-1-10-2-4-13-12(7-10)9-26(19(13)30)14(20(31)32)5-6-15(27)28/h2,4,7-8,14H,1,3,5-6,9H2,(H,27,28)(H,31,32)(H4,22,23,24,25,29)/t14-/m0/s1. The van der Waals surface area contributed by atoms with Crippen LogP contribution in [0.3, 0.4) is 0 Å². The van der Waals surface area contributed by atoms with Crippen LogP contribution in [0, 0.1) is 0 Å². The Morgan fingerprint density at radius 2 is 2.00 bits per heavy atom. The van der Waals surface area contributed by atoms with Gasteiger partial charge < -0.3 is 25.8 Å². The third kappa shape index (κ3) is 3.92. The quantitative estimate of drug-likeness (QED) is 0.343. The van der Waals surface area contributed by atoms with Crippen molar-refractivity contribution < 1.29 is 24.6 Å². The Labute approximate surface area is 180 Å². The maximum atomic E-state index is 12.7. The van der Waals surface area contributed by atoms with Crippen LogP contribution in [0.4, 0.5) is 5.95 Å². The number of nitrogens with zero attached hydrogens (tertiary/aromatic N) is 2. The van der Waals surface area contributed by atoms with Gasteiger partial charge in [-0.05, 0) is 42.0 Å². The van der Waals surface area contributed by atoms with Crippen LogP contribution in [0.5, 0.6) is 0 Å². The van der Waals surface area contributed by atoms with Gasteiger partial charge in [-0.2, -0.15) is 4.98 Å². The molecular formula is C21H21N5O6. The Hall–Kier alpha value is -4.15. The van der Waals surface area contributed by atoms with E-state index < -0.39 is 23.9 Å². The molecule has 32 heavy (non-hydrogen) atoms. The van der Waals surface area contributed by atoms with Gasteiger partial charge in [-0.3, -0.25) is 19.4 Å². The van der Waals surface area contributed by atoms with Crippen molar-refractivity contribution in [3.8, 4) is 0 Å². The largest absolute Gasteiger partial charge is 0.481 e. The number of benzene rings is 1. The lowest BCUT2D eigenvalue weighted by atomic mass is 10.0. The van der Waals surface area contributed by atoms with Crippen LogP contribution in [0.15, 0.2) is 29.2 Å². The van der Waals surface area contributed by atoms with Crippen LogP contribution < -0.4 is 11.3 Å². The third-order valence-corrected chi connectivity index (χ3v) is 5.62. The number of hydrogen-bond acceptors (Lipinski definition) is 6. The fraction of sp³-hybridized carbons (Fsp3) is 0.286. The number of aromatic amines is 2. The number of carboxylic acids is 2. The molecule has 0 spiro atoms. The monoisotopic (exact) mass is 439 g/mol. The SMILES string of the molecule is Nc1nc2[nH]cc(CCc3ccc4c(c3)CN([C@@H](CCC(=O)O)C(=O)O)C4=O)c2c(=O)[nH]1. The van der Waals surface area contributed by atoms with Crippen molar-refractivity contribution >= 4 is 34.8 Å². The van der Waals surface area contributed by atoms with Gasteiger partial charge in [-0.25, -0.2) is 4.79 Å². The first-order valence-corrected chi connectivity index (χ1v) is 9.97. The third-order valence-electron chi connectivity index (χ3n) is 5.62. The number of fused-ring (bicyclic) bond motifs is 2. The number of aromatic nitrogens is 3. The summed E-state index contributed by atoms with van der Waals surface area (Å²) in [5.74, 6) is -2.73. The highest BCUT2D eigenvalue weighted by Crippen LogP contribution is 2.28. The van der Waals surface area contributed by atoms with E-state index in [0.29, 0.717) is 35.0 Å². The number of carbonyl (C=O) groups is 3. The van der Waals surface area contributed by atoms with E-state index in [2.05, 4.69) is 15.0 Å². The maximum Gasteiger partial charge on any atom is 0.326 e. The first-order valence-electron chi connectivity index (χ1n) is 9.97. The van der Waals surface area contributed by atoms with E-state index in [0.717, 1.165) is 11.1 Å². The van der Waals surface area contributed by atoms with Crippen LogP contribution in [0.2, 0.25) is 0 Å². The summed E-state index contributed by atoms with van der Waals surface area (Å²) in [5.41, 5.74) is 8.47. The molecule has 0 saturated carbocycles. The topological polar surface area (TPSA) is 182 Å². The van der Waals surface area contributed by atoms with E-state index in [1.807, 2.05) is 6.07 Å². The number of carboxylic acid groups (broad SMARTS) is 2. The summed E-state index contributed by atoms with van der Waals surface area (Å²) in [4.78, 5) is 58.1. The number of hydrogen-bond donors (Lipinski definition) is 5. The molecular weight excluding hydrogens is 418 g/mol. The summed E-state index contributed by atoms with van der Waals surface area (Å²) >= 11 is 0. The number of H-pyrrole nitrogens is 2. The number of aryl methyl sites for hydroxylation is 2. The summed E-state index contributed by atoms with van der Waals surface area (Å²) in [5, 5.41) is 18.8. The van der Waals surface area contributed by atoms with Crippen LogP contribution in [-0.4, -0.2) is 54.0 Å². The van der Waals surface area contributed by atoms with Crippen molar-refractivity contribution in [1.82, 2.24) is 19.9 Å². The zero-order valence-corrected chi connectivity index (χ0v) is 16.9. The molecule has 11 nitrogen and oxygen atoms in total. The number of rotatable bonds is 8. The molecule has 1 atom stereocenters. The van der Waals surface area contributed by atoms with Gasteiger partial charge >= 0.3 is 11.9 Å². The maximum absolute atomic E-state index is 12.7. The van der Waals surface area contributed by atoms with Gasteiger partial charge in [0, 0.05) is 24.7 Å². The average molecular weight is 439 g/mol. The highest BCUT2D eigenvalue weighted by atomic mass is 16.4. The van der Waals surface area contributed by atoms with Crippen LogP contribution in [0.1, 0.15) is 39.9 Å². The summed E-state index contributed by atoms with van der Waals surface area (Å²) in [7, 11) is 0. The van der Waals surface area contributed by atoms with Gasteiger partial charge in [0.25, 0.3) is 11.5 Å². The molecule has 0 radical (unpaired) electrons. The lowest BCUT2D eigenvalue weighted by molar-refractivity contribution is -0.143. The molecule has 1 aliphatic heterocycles. The molecule has 0 bridgehead atoms. The fourth-order valence-electron chi connectivity index (χ4n) is 4.07. The number of anilines is 1. The number of nitrogens with two attached hydrogens (primary N) is 1. The minimum Gasteiger partial charge on any atom is -0.481 e. The predicted molar refractivity (Wildman–Crippen MR) is 113 cm³/mol. The van der Waals surface area contributed by atoms with E-state index in [4.69, 9.17) is 10.8 Å². The number of nitrogen functional groups attached to an aromatic ring is 1.